The Morgan fingerprint density at radius 2 is 0.791 bits per heavy atom. The maximum atomic E-state index is 5.46. The molecular formula is C61H48N6. The first kappa shape index (κ1) is 41.1. The SMILES string of the molecule is Cc1ccc(N(c2ccc(C)cc2)c2cc(-c3cc(-c4ccccc4)nc(-c4ccccc4)n3)cc(N(c3ccc(C)cc3)c3ccc(C)cc3)c2-n2c3ccccc3c3ncccc32)cc1. The van der Waals surface area contributed by atoms with E-state index >= 15 is 0 Å². The van der Waals surface area contributed by atoms with Crippen molar-refractivity contribution < 1.29 is 0 Å². The van der Waals surface area contributed by atoms with Gasteiger partial charge in [0, 0.05) is 51.0 Å². The summed E-state index contributed by atoms with van der Waals surface area (Å²) in [4.78, 5) is 20.5. The maximum absolute atomic E-state index is 5.46. The number of para-hydroxylation sites is 1. The fraction of sp³-hybridized carbons (Fsp3) is 0.0656. The Bertz CT molecular complexity index is 3210. The third-order valence-corrected chi connectivity index (χ3v) is 12.5. The normalized spacial score (nSPS) is 11.3. The zero-order valence-electron chi connectivity index (χ0n) is 38.0. The second kappa shape index (κ2) is 17.4. The van der Waals surface area contributed by atoms with Gasteiger partial charge in [-0.2, -0.15) is 0 Å². The Morgan fingerprint density at radius 3 is 1.28 bits per heavy atom. The molecule has 0 unspecified atom stereocenters. The minimum atomic E-state index is 0.653. The molecule has 11 aromatic rings. The second-order valence-electron chi connectivity index (χ2n) is 17.3. The summed E-state index contributed by atoms with van der Waals surface area (Å²) in [7, 11) is 0. The lowest BCUT2D eigenvalue weighted by molar-refractivity contribution is 1.12. The molecular weight excluding hydrogens is 817 g/mol. The van der Waals surface area contributed by atoms with Crippen molar-refractivity contribution >= 4 is 56.1 Å². The highest BCUT2D eigenvalue weighted by Crippen LogP contribution is 2.50. The van der Waals surface area contributed by atoms with Gasteiger partial charge in [-0.05, 0) is 113 Å². The zero-order valence-corrected chi connectivity index (χ0v) is 38.0. The van der Waals surface area contributed by atoms with Crippen LogP contribution in [-0.2, 0) is 0 Å². The highest BCUT2D eigenvalue weighted by Gasteiger charge is 2.29. The average Bonchev–Trinajstić information content (AvgIpc) is 3.70. The maximum Gasteiger partial charge on any atom is 0.160 e. The van der Waals surface area contributed by atoms with Gasteiger partial charge in [-0.3, -0.25) is 4.98 Å². The third-order valence-electron chi connectivity index (χ3n) is 12.5. The molecule has 322 valence electrons. The highest BCUT2D eigenvalue weighted by molar-refractivity contribution is 6.09. The smallest absolute Gasteiger partial charge is 0.160 e. The molecule has 0 amide bonds. The molecule has 0 fully saturated rings. The summed E-state index contributed by atoms with van der Waals surface area (Å²) in [5.74, 6) is 0.653. The van der Waals surface area contributed by atoms with Gasteiger partial charge in [0.25, 0.3) is 0 Å². The second-order valence-corrected chi connectivity index (χ2v) is 17.3. The van der Waals surface area contributed by atoms with Gasteiger partial charge in [0.1, 0.15) is 0 Å². The van der Waals surface area contributed by atoms with E-state index in [0.717, 1.165) is 89.8 Å². The molecule has 0 atom stereocenters. The molecule has 0 aliphatic rings. The van der Waals surface area contributed by atoms with E-state index in [2.05, 4.69) is 224 Å². The number of aromatic nitrogens is 4. The van der Waals surface area contributed by atoms with Crippen molar-refractivity contribution in [1.29, 1.82) is 0 Å². The van der Waals surface area contributed by atoms with Crippen LogP contribution >= 0.6 is 0 Å². The van der Waals surface area contributed by atoms with Gasteiger partial charge in [0.05, 0.1) is 45.0 Å². The lowest BCUT2D eigenvalue weighted by Crippen LogP contribution is -2.18. The van der Waals surface area contributed by atoms with E-state index < -0.39 is 0 Å². The predicted molar refractivity (Wildman–Crippen MR) is 279 cm³/mol. The molecule has 3 heterocycles. The topological polar surface area (TPSA) is 50.1 Å². The van der Waals surface area contributed by atoms with Crippen molar-refractivity contribution in [3.63, 3.8) is 0 Å². The van der Waals surface area contributed by atoms with Crippen LogP contribution in [0.25, 0.3) is 61.5 Å². The molecule has 0 aliphatic heterocycles. The van der Waals surface area contributed by atoms with Crippen LogP contribution in [0, 0.1) is 27.7 Å². The molecule has 11 rings (SSSR count). The predicted octanol–water partition coefficient (Wildman–Crippen LogP) is 16.1. The van der Waals surface area contributed by atoms with Crippen molar-refractivity contribution in [2.45, 2.75) is 27.7 Å². The summed E-state index contributed by atoms with van der Waals surface area (Å²) in [5, 5.41) is 1.07. The molecule has 0 spiro atoms. The van der Waals surface area contributed by atoms with E-state index in [1.807, 2.05) is 36.5 Å². The number of hydrogen-bond acceptors (Lipinski definition) is 5. The Balaban J connectivity index is 1.34. The van der Waals surface area contributed by atoms with E-state index in [0.29, 0.717) is 5.82 Å². The van der Waals surface area contributed by atoms with E-state index in [1.165, 1.54) is 22.3 Å². The number of anilines is 6. The highest BCUT2D eigenvalue weighted by atomic mass is 15.2. The molecule has 0 radical (unpaired) electrons. The Morgan fingerprint density at radius 1 is 0.373 bits per heavy atom. The molecule has 0 saturated carbocycles. The van der Waals surface area contributed by atoms with Gasteiger partial charge in [-0.15, -0.1) is 0 Å². The fourth-order valence-corrected chi connectivity index (χ4v) is 9.04. The van der Waals surface area contributed by atoms with Crippen LogP contribution in [0.1, 0.15) is 22.3 Å². The lowest BCUT2D eigenvalue weighted by atomic mass is 10.0. The summed E-state index contributed by atoms with van der Waals surface area (Å²) in [6.07, 6.45) is 1.89. The first-order valence-electron chi connectivity index (χ1n) is 22.8. The number of hydrogen-bond donors (Lipinski definition) is 0. The van der Waals surface area contributed by atoms with Gasteiger partial charge in [-0.25, -0.2) is 9.97 Å². The number of aryl methyl sites for hydroxylation is 4. The van der Waals surface area contributed by atoms with Crippen LogP contribution in [0.5, 0.6) is 0 Å². The number of fused-ring (bicyclic) bond motifs is 3. The van der Waals surface area contributed by atoms with Crippen LogP contribution in [0.4, 0.5) is 34.1 Å². The minimum Gasteiger partial charge on any atom is -0.308 e. The van der Waals surface area contributed by atoms with Crippen molar-refractivity contribution in [3.8, 4) is 39.6 Å². The Labute approximate surface area is 391 Å². The zero-order chi connectivity index (χ0) is 45.4. The van der Waals surface area contributed by atoms with Crippen LogP contribution < -0.4 is 9.80 Å². The molecule has 0 aliphatic carbocycles. The molecule has 67 heavy (non-hydrogen) atoms. The van der Waals surface area contributed by atoms with Crippen LogP contribution in [0.3, 0.4) is 0 Å². The summed E-state index contributed by atoms with van der Waals surface area (Å²) in [6.45, 7) is 8.56. The molecule has 0 saturated heterocycles. The number of rotatable bonds is 10. The first-order valence-corrected chi connectivity index (χ1v) is 22.8. The van der Waals surface area contributed by atoms with Gasteiger partial charge in [0.15, 0.2) is 5.82 Å². The Kier molecular flexibility index (Phi) is 10.7. The van der Waals surface area contributed by atoms with Crippen molar-refractivity contribution in [3.05, 3.63) is 241 Å². The quantitative estimate of drug-likeness (QED) is 0.137. The molecule has 3 aromatic heterocycles. The monoisotopic (exact) mass is 864 g/mol. The van der Waals surface area contributed by atoms with E-state index in [9.17, 15) is 0 Å². The summed E-state index contributed by atoms with van der Waals surface area (Å²) < 4.78 is 2.42. The van der Waals surface area contributed by atoms with Crippen molar-refractivity contribution in [2.75, 3.05) is 9.80 Å². The van der Waals surface area contributed by atoms with Crippen LogP contribution in [0.15, 0.2) is 219 Å². The average molecular weight is 865 g/mol. The third kappa shape index (κ3) is 7.89. The standard InChI is InChI=1S/C61H48N6/c1-41-21-29-48(30-22-41)65(49-31-23-42(2)24-32-49)57-38-47(54-40-53(45-14-7-5-8-15-45)63-61(64-54)46-16-9-6-10-17-46)39-58(66(50-33-25-43(3)26-34-50)51-35-27-44(4)28-36-51)60(57)67-55-19-12-11-18-52(55)59-56(67)20-13-37-62-59/h5-40H,1-4H3. The molecule has 8 aromatic carbocycles. The lowest BCUT2D eigenvalue weighted by Gasteiger charge is -2.34. The summed E-state index contributed by atoms with van der Waals surface area (Å²) in [5.41, 5.74) is 19.2. The van der Waals surface area contributed by atoms with Gasteiger partial charge < -0.3 is 14.4 Å². The van der Waals surface area contributed by atoms with E-state index in [-0.39, 0.29) is 0 Å². The van der Waals surface area contributed by atoms with Crippen molar-refractivity contribution in [2.24, 2.45) is 0 Å². The van der Waals surface area contributed by atoms with Gasteiger partial charge in [-0.1, -0.05) is 150 Å². The summed E-state index contributed by atoms with van der Waals surface area (Å²) in [6, 6.07) is 75.7. The van der Waals surface area contributed by atoms with Gasteiger partial charge in [0.2, 0.25) is 0 Å². The molecule has 6 heteroatoms. The van der Waals surface area contributed by atoms with Gasteiger partial charge >= 0.3 is 0 Å². The molecule has 0 N–H and O–H groups in total. The van der Waals surface area contributed by atoms with E-state index in [4.69, 9.17) is 15.0 Å². The number of nitrogens with zero attached hydrogens (tertiary/aromatic N) is 6. The molecule has 0 bridgehead atoms. The number of benzene rings is 8. The fourth-order valence-electron chi connectivity index (χ4n) is 9.04. The minimum absolute atomic E-state index is 0.653. The largest absolute Gasteiger partial charge is 0.308 e. The Hall–Kier alpha value is -8.61. The summed E-state index contributed by atoms with van der Waals surface area (Å²) >= 11 is 0. The first-order chi connectivity index (χ1) is 32.9. The van der Waals surface area contributed by atoms with E-state index in [1.54, 1.807) is 0 Å². The molecule has 6 nitrogen and oxygen atoms in total. The van der Waals surface area contributed by atoms with Crippen LogP contribution in [0.2, 0.25) is 0 Å². The van der Waals surface area contributed by atoms with Crippen LogP contribution in [-0.4, -0.2) is 19.5 Å². The van der Waals surface area contributed by atoms with Crippen molar-refractivity contribution in [1.82, 2.24) is 19.5 Å². The number of pyridine rings is 1.